The van der Waals surface area contributed by atoms with Crippen LogP contribution < -0.4 is 5.32 Å². The van der Waals surface area contributed by atoms with Gasteiger partial charge in [0.05, 0.1) is 17.7 Å². The minimum absolute atomic E-state index is 0.0755. The van der Waals surface area contributed by atoms with Gasteiger partial charge in [-0.2, -0.15) is 13.2 Å². The monoisotopic (exact) mass is 353 g/mol. The molecule has 0 spiro atoms. The fourth-order valence-electron chi connectivity index (χ4n) is 3.65. The van der Waals surface area contributed by atoms with Gasteiger partial charge < -0.3 is 10.1 Å². The number of nitrogens with one attached hydrogen (secondary N) is 1. The summed E-state index contributed by atoms with van der Waals surface area (Å²) in [7, 11) is 0. The van der Waals surface area contributed by atoms with E-state index in [4.69, 9.17) is 16.3 Å². The minimum Gasteiger partial charge on any atom is -0.378 e. The van der Waals surface area contributed by atoms with Gasteiger partial charge in [-0.05, 0) is 42.3 Å². The quantitative estimate of drug-likeness (QED) is 0.720. The number of rotatable bonds is 1. The van der Waals surface area contributed by atoms with Crippen LogP contribution in [0.15, 0.2) is 42.5 Å². The first kappa shape index (κ1) is 15.8. The number of fused-ring (bicyclic) bond motifs is 3. The molecule has 0 radical (unpaired) electrons. The lowest BCUT2D eigenvalue weighted by Gasteiger charge is -2.36. The van der Waals surface area contributed by atoms with Crippen molar-refractivity contribution in [3.8, 4) is 0 Å². The van der Waals surface area contributed by atoms with Gasteiger partial charge in [-0.1, -0.05) is 23.7 Å². The summed E-state index contributed by atoms with van der Waals surface area (Å²) in [5.74, 6) is 0.174. The third-order valence-corrected chi connectivity index (χ3v) is 5.03. The van der Waals surface area contributed by atoms with Gasteiger partial charge in [0.1, 0.15) is 0 Å². The normalized spacial score (nSPS) is 25.8. The van der Waals surface area contributed by atoms with Crippen molar-refractivity contribution >= 4 is 17.3 Å². The van der Waals surface area contributed by atoms with Crippen LogP contribution in [0.4, 0.5) is 18.9 Å². The summed E-state index contributed by atoms with van der Waals surface area (Å²) in [6, 6.07) is 10.9. The topological polar surface area (TPSA) is 21.3 Å². The standard InChI is InChI=1S/C18H15ClF3NO/c19-12-5-6-15-14(9-12)17-13(7-8-24-17)16(23-15)10-1-3-11(4-2-10)18(20,21)22/h1-6,9,13,16-17,23H,7-8H2/t13-,16?,17-/m0/s1. The van der Waals surface area contributed by atoms with Crippen LogP contribution in [-0.4, -0.2) is 6.61 Å². The molecule has 0 aromatic heterocycles. The van der Waals surface area contributed by atoms with Crippen molar-refractivity contribution in [1.29, 1.82) is 0 Å². The minimum atomic E-state index is -4.32. The number of hydrogen-bond donors (Lipinski definition) is 1. The lowest BCUT2D eigenvalue weighted by Crippen LogP contribution is -2.29. The van der Waals surface area contributed by atoms with Gasteiger partial charge >= 0.3 is 6.18 Å². The first-order valence-electron chi connectivity index (χ1n) is 7.78. The Balaban J connectivity index is 1.70. The van der Waals surface area contributed by atoms with Crippen LogP contribution in [0.5, 0.6) is 0 Å². The summed E-state index contributed by atoms with van der Waals surface area (Å²) < 4.78 is 44.2. The Labute approximate surface area is 142 Å². The van der Waals surface area contributed by atoms with Crippen LogP contribution in [0.3, 0.4) is 0 Å². The maximum absolute atomic E-state index is 12.8. The SMILES string of the molecule is FC(F)(F)c1ccc(C2Nc3ccc(Cl)cc3[C@H]3OCC[C@@H]23)cc1. The van der Waals surface area contributed by atoms with Crippen molar-refractivity contribution in [2.24, 2.45) is 5.92 Å². The maximum atomic E-state index is 12.8. The number of hydrogen-bond acceptors (Lipinski definition) is 2. The van der Waals surface area contributed by atoms with Crippen LogP contribution in [0, 0.1) is 5.92 Å². The zero-order valence-electron chi connectivity index (χ0n) is 12.6. The van der Waals surface area contributed by atoms with Gasteiger partial charge in [0, 0.05) is 28.8 Å². The van der Waals surface area contributed by atoms with Gasteiger partial charge in [0.25, 0.3) is 0 Å². The van der Waals surface area contributed by atoms with Crippen molar-refractivity contribution in [1.82, 2.24) is 0 Å². The van der Waals surface area contributed by atoms with E-state index >= 15 is 0 Å². The van der Waals surface area contributed by atoms with E-state index in [0.717, 1.165) is 35.4 Å². The Kier molecular flexibility index (Phi) is 3.73. The predicted molar refractivity (Wildman–Crippen MR) is 86.1 cm³/mol. The van der Waals surface area contributed by atoms with Gasteiger partial charge in [0.15, 0.2) is 0 Å². The van der Waals surface area contributed by atoms with E-state index < -0.39 is 11.7 Å². The van der Waals surface area contributed by atoms with Gasteiger partial charge in [-0.15, -0.1) is 0 Å². The lowest BCUT2D eigenvalue weighted by molar-refractivity contribution is -0.137. The molecule has 24 heavy (non-hydrogen) atoms. The molecule has 1 unspecified atom stereocenters. The van der Waals surface area contributed by atoms with E-state index in [0.29, 0.717) is 11.6 Å². The fourth-order valence-corrected chi connectivity index (χ4v) is 3.83. The van der Waals surface area contributed by atoms with Crippen LogP contribution in [-0.2, 0) is 10.9 Å². The highest BCUT2D eigenvalue weighted by atomic mass is 35.5. The van der Waals surface area contributed by atoms with Crippen molar-refractivity contribution in [3.63, 3.8) is 0 Å². The number of ether oxygens (including phenoxy) is 1. The highest BCUT2D eigenvalue weighted by Gasteiger charge is 2.41. The fraction of sp³-hybridized carbons (Fsp3) is 0.333. The zero-order chi connectivity index (χ0) is 16.9. The second kappa shape index (κ2) is 5.67. The Morgan fingerprint density at radius 1 is 1.08 bits per heavy atom. The maximum Gasteiger partial charge on any atom is 0.416 e. The molecule has 0 amide bonds. The second-order valence-electron chi connectivity index (χ2n) is 6.22. The molecule has 2 heterocycles. The molecular weight excluding hydrogens is 339 g/mol. The van der Waals surface area contributed by atoms with Crippen LogP contribution in [0.2, 0.25) is 5.02 Å². The Hall–Kier alpha value is -1.72. The second-order valence-corrected chi connectivity index (χ2v) is 6.65. The van der Waals surface area contributed by atoms with Crippen molar-refractivity contribution in [2.75, 3.05) is 11.9 Å². The molecule has 0 bridgehead atoms. The highest BCUT2D eigenvalue weighted by Crippen LogP contribution is 2.50. The molecule has 4 rings (SSSR count). The number of alkyl halides is 3. The molecule has 1 fully saturated rings. The molecular formula is C18H15ClF3NO. The third-order valence-electron chi connectivity index (χ3n) is 4.79. The van der Waals surface area contributed by atoms with E-state index in [1.54, 1.807) is 18.2 Å². The number of halogens is 4. The van der Waals surface area contributed by atoms with E-state index in [2.05, 4.69) is 5.32 Å². The predicted octanol–water partition coefficient (Wildman–Crippen LogP) is 5.60. The largest absolute Gasteiger partial charge is 0.416 e. The van der Waals surface area contributed by atoms with Crippen LogP contribution in [0.1, 0.15) is 35.3 Å². The van der Waals surface area contributed by atoms with E-state index in [9.17, 15) is 13.2 Å². The molecule has 0 saturated carbocycles. The van der Waals surface area contributed by atoms with Gasteiger partial charge in [-0.3, -0.25) is 0 Å². The summed E-state index contributed by atoms with van der Waals surface area (Å²) in [6.45, 7) is 0.639. The van der Waals surface area contributed by atoms with Gasteiger partial charge in [-0.25, -0.2) is 0 Å². The Bertz CT molecular complexity index is 760. The molecule has 1 saturated heterocycles. The zero-order valence-corrected chi connectivity index (χ0v) is 13.4. The molecule has 0 aliphatic carbocycles. The summed E-state index contributed by atoms with van der Waals surface area (Å²) >= 11 is 6.09. The Morgan fingerprint density at radius 2 is 1.83 bits per heavy atom. The molecule has 3 atom stereocenters. The van der Waals surface area contributed by atoms with Crippen molar-refractivity contribution in [2.45, 2.75) is 24.7 Å². The number of anilines is 1. The highest BCUT2D eigenvalue weighted by molar-refractivity contribution is 6.30. The van der Waals surface area contributed by atoms with E-state index in [1.165, 1.54) is 0 Å². The van der Waals surface area contributed by atoms with Crippen molar-refractivity contribution in [3.05, 3.63) is 64.2 Å². The first-order valence-corrected chi connectivity index (χ1v) is 8.16. The third kappa shape index (κ3) is 2.66. The summed E-state index contributed by atoms with van der Waals surface area (Å²) in [4.78, 5) is 0. The molecule has 6 heteroatoms. The smallest absolute Gasteiger partial charge is 0.378 e. The summed E-state index contributed by atoms with van der Waals surface area (Å²) in [5, 5.41) is 4.10. The molecule has 2 nitrogen and oxygen atoms in total. The molecule has 2 aromatic rings. The average Bonchev–Trinajstić information content (AvgIpc) is 3.03. The Morgan fingerprint density at radius 3 is 2.54 bits per heavy atom. The van der Waals surface area contributed by atoms with Crippen LogP contribution >= 0.6 is 11.6 Å². The number of benzene rings is 2. The van der Waals surface area contributed by atoms with Crippen molar-refractivity contribution < 1.29 is 17.9 Å². The van der Waals surface area contributed by atoms with E-state index in [1.807, 2.05) is 12.1 Å². The van der Waals surface area contributed by atoms with E-state index in [-0.39, 0.29) is 18.1 Å². The summed E-state index contributed by atoms with van der Waals surface area (Å²) in [5.41, 5.74) is 2.15. The lowest BCUT2D eigenvalue weighted by atomic mass is 9.81. The van der Waals surface area contributed by atoms with Gasteiger partial charge in [0.2, 0.25) is 0 Å². The van der Waals surface area contributed by atoms with Crippen LogP contribution in [0.25, 0.3) is 0 Å². The average molecular weight is 354 g/mol. The molecule has 2 aliphatic rings. The molecule has 126 valence electrons. The summed E-state index contributed by atoms with van der Waals surface area (Å²) in [6.07, 6.45) is -3.54. The first-order chi connectivity index (χ1) is 11.4. The molecule has 2 aromatic carbocycles. The molecule has 1 N–H and O–H groups in total. The molecule has 2 aliphatic heterocycles.